The molecule has 5 heteroatoms. The zero-order valence-electron chi connectivity index (χ0n) is 10.8. The Balaban J connectivity index is 0.000000509. The van der Waals surface area contributed by atoms with Gasteiger partial charge >= 0.3 is 0 Å². The van der Waals surface area contributed by atoms with Crippen LogP contribution in [-0.2, 0) is 7.05 Å². The van der Waals surface area contributed by atoms with Crippen LogP contribution in [0.25, 0.3) is 11.0 Å². The number of nitrogens with zero attached hydrogens (tertiary/aromatic N) is 3. The molecule has 0 saturated carbocycles. The van der Waals surface area contributed by atoms with Crippen molar-refractivity contribution in [3.05, 3.63) is 16.7 Å². The van der Waals surface area contributed by atoms with Crippen molar-refractivity contribution in [2.24, 2.45) is 7.05 Å². The first kappa shape index (κ1) is 14.8. The standard InChI is InChI=1S/C7H8N4S.2C2H6/c1-4-5-6(9-3-8-4)11(2)10-7(5)12;2*1-2/h3H,1-2H3,(H,10,12);2*1-2H3. The molecule has 0 bridgehead atoms. The molecule has 0 atom stereocenters. The lowest BCUT2D eigenvalue weighted by Gasteiger charge is -1.93. The predicted molar refractivity (Wildman–Crippen MR) is 71.1 cm³/mol. The molecular weight excluding hydrogens is 220 g/mol. The Bertz CT molecular complexity index is 484. The van der Waals surface area contributed by atoms with Crippen molar-refractivity contribution < 1.29 is 0 Å². The van der Waals surface area contributed by atoms with E-state index >= 15 is 0 Å². The van der Waals surface area contributed by atoms with Crippen molar-refractivity contribution in [3.63, 3.8) is 0 Å². The molecule has 0 saturated heterocycles. The van der Waals surface area contributed by atoms with Crippen molar-refractivity contribution >= 4 is 23.3 Å². The molecular formula is C11H20N4S. The van der Waals surface area contributed by atoms with E-state index in [2.05, 4.69) is 15.1 Å². The fourth-order valence-corrected chi connectivity index (χ4v) is 1.62. The van der Waals surface area contributed by atoms with Crippen LogP contribution in [0.5, 0.6) is 0 Å². The van der Waals surface area contributed by atoms with E-state index < -0.39 is 0 Å². The molecule has 0 spiro atoms. The Morgan fingerprint density at radius 1 is 1.19 bits per heavy atom. The second-order valence-electron chi connectivity index (χ2n) is 2.66. The van der Waals surface area contributed by atoms with E-state index in [4.69, 9.17) is 12.2 Å². The van der Waals surface area contributed by atoms with Crippen molar-refractivity contribution in [1.29, 1.82) is 0 Å². The van der Waals surface area contributed by atoms with Gasteiger partial charge in [-0.1, -0.05) is 39.9 Å². The van der Waals surface area contributed by atoms with Crippen LogP contribution < -0.4 is 0 Å². The van der Waals surface area contributed by atoms with E-state index in [1.807, 2.05) is 41.7 Å². The number of aryl methyl sites for hydroxylation is 2. The Morgan fingerprint density at radius 2 is 1.75 bits per heavy atom. The molecule has 2 aromatic rings. The fourth-order valence-electron chi connectivity index (χ4n) is 1.24. The molecule has 16 heavy (non-hydrogen) atoms. The normalized spacial score (nSPS) is 8.88. The maximum Gasteiger partial charge on any atom is 0.160 e. The van der Waals surface area contributed by atoms with E-state index in [0.717, 1.165) is 16.7 Å². The van der Waals surface area contributed by atoms with Gasteiger partial charge in [-0.2, -0.15) is 0 Å². The van der Waals surface area contributed by atoms with Gasteiger partial charge in [0.2, 0.25) is 0 Å². The highest BCUT2D eigenvalue weighted by Gasteiger charge is 2.04. The summed E-state index contributed by atoms with van der Waals surface area (Å²) in [6.07, 6.45) is 1.54. The largest absolute Gasteiger partial charge is 0.286 e. The van der Waals surface area contributed by atoms with Gasteiger partial charge in [-0.3, -0.25) is 9.78 Å². The molecule has 1 N–H and O–H groups in total. The minimum atomic E-state index is 0.700. The highest BCUT2D eigenvalue weighted by atomic mass is 32.1. The lowest BCUT2D eigenvalue weighted by Crippen LogP contribution is -1.92. The SMILES string of the molecule is CC.CC.Cc1ncnc2c1c(=S)[nH]n2C. The van der Waals surface area contributed by atoms with Crippen LogP contribution in [0, 0.1) is 11.6 Å². The Labute approximate surface area is 102 Å². The molecule has 4 nitrogen and oxygen atoms in total. The van der Waals surface area contributed by atoms with Crippen molar-refractivity contribution in [2.45, 2.75) is 34.6 Å². The highest BCUT2D eigenvalue weighted by molar-refractivity contribution is 7.71. The molecule has 0 aliphatic rings. The summed E-state index contributed by atoms with van der Waals surface area (Å²) in [5.74, 6) is 0. The second-order valence-corrected chi connectivity index (χ2v) is 3.07. The summed E-state index contributed by atoms with van der Waals surface area (Å²) in [6.45, 7) is 9.92. The number of H-pyrrole nitrogens is 1. The van der Waals surface area contributed by atoms with Crippen LogP contribution in [0.3, 0.4) is 0 Å². The van der Waals surface area contributed by atoms with Gasteiger partial charge in [0, 0.05) is 7.05 Å². The fraction of sp³-hybridized carbons (Fsp3) is 0.545. The van der Waals surface area contributed by atoms with Crippen molar-refractivity contribution in [3.8, 4) is 0 Å². The summed E-state index contributed by atoms with van der Waals surface area (Å²) >= 11 is 5.11. The molecule has 2 rings (SSSR count). The first-order chi connectivity index (χ1) is 7.70. The summed E-state index contributed by atoms with van der Waals surface area (Å²) < 4.78 is 2.50. The summed E-state index contributed by atoms with van der Waals surface area (Å²) in [6, 6.07) is 0. The van der Waals surface area contributed by atoms with E-state index in [9.17, 15) is 0 Å². The van der Waals surface area contributed by atoms with Crippen LogP contribution >= 0.6 is 12.2 Å². The number of fused-ring (bicyclic) bond motifs is 1. The number of nitrogens with one attached hydrogen (secondary N) is 1. The second kappa shape index (κ2) is 7.11. The molecule has 2 heterocycles. The lowest BCUT2D eigenvalue weighted by molar-refractivity contribution is 0.780. The van der Waals surface area contributed by atoms with Crippen LogP contribution in [0.15, 0.2) is 6.33 Å². The van der Waals surface area contributed by atoms with Gasteiger partial charge in [-0.15, -0.1) is 0 Å². The molecule has 0 aliphatic heterocycles. The zero-order chi connectivity index (χ0) is 12.7. The number of hydrogen-bond donors (Lipinski definition) is 1. The maximum atomic E-state index is 5.11. The van der Waals surface area contributed by atoms with Gasteiger partial charge in [0.1, 0.15) is 11.0 Å². The third kappa shape index (κ3) is 2.88. The monoisotopic (exact) mass is 240 g/mol. The summed E-state index contributed by atoms with van der Waals surface area (Å²) in [5.41, 5.74) is 1.77. The van der Waals surface area contributed by atoms with Gasteiger partial charge in [-0.25, -0.2) is 9.97 Å². The zero-order valence-corrected chi connectivity index (χ0v) is 11.6. The smallest absolute Gasteiger partial charge is 0.160 e. The summed E-state index contributed by atoms with van der Waals surface area (Å²) in [5, 5.41) is 3.93. The number of aromatic nitrogens is 4. The average Bonchev–Trinajstić information content (AvgIpc) is 2.61. The average molecular weight is 240 g/mol. The molecule has 0 fully saturated rings. The van der Waals surface area contributed by atoms with Crippen LogP contribution in [0.2, 0.25) is 0 Å². The van der Waals surface area contributed by atoms with Crippen LogP contribution in [0.4, 0.5) is 0 Å². The van der Waals surface area contributed by atoms with E-state index in [-0.39, 0.29) is 0 Å². The van der Waals surface area contributed by atoms with Gasteiger partial charge in [0.25, 0.3) is 0 Å². The quantitative estimate of drug-likeness (QED) is 0.718. The predicted octanol–water partition coefficient (Wildman–Crippen LogP) is 3.39. The Morgan fingerprint density at radius 3 is 2.25 bits per heavy atom. The molecule has 0 amide bonds. The summed E-state index contributed by atoms with van der Waals surface area (Å²) in [4.78, 5) is 8.19. The first-order valence-corrected chi connectivity index (χ1v) is 5.97. The highest BCUT2D eigenvalue weighted by Crippen LogP contribution is 2.13. The van der Waals surface area contributed by atoms with Crippen molar-refractivity contribution in [2.75, 3.05) is 0 Å². The molecule has 2 aromatic heterocycles. The minimum absolute atomic E-state index is 0.700. The van der Waals surface area contributed by atoms with E-state index in [1.165, 1.54) is 0 Å². The van der Waals surface area contributed by atoms with Gasteiger partial charge in [0.15, 0.2) is 5.65 Å². The molecule has 90 valence electrons. The maximum absolute atomic E-state index is 5.11. The van der Waals surface area contributed by atoms with E-state index in [0.29, 0.717) is 4.64 Å². The van der Waals surface area contributed by atoms with Crippen LogP contribution in [0.1, 0.15) is 33.4 Å². The van der Waals surface area contributed by atoms with Gasteiger partial charge in [-0.05, 0) is 6.92 Å². The van der Waals surface area contributed by atoms with E-state index in [1.54, 1.807) is 11.0 Å². The first-order valence-electron chi connectivity index (χ1n) is 5.56. The molecule has 0 unspecified atom stereocenters. The van der Waals surface area contributed by atoms with Gasteiger partial charge < -0.3 is 0 Å². The number of hydrogen-bond acceptors (Lipinski definition) is 3. The third-order valence-corrected chi connectivity index (χ3v) is 2.13. The molecule has 0 aliphatic carbocycles. The lowest BCUT2D eigenvalue weighted by atomic mass is 10.3. The van der Waals surface area contributed by atoms with Gasteiger partial charge in [0.05, 0.1) is 11.1 Å². The van der Waals surface area contributed by atoms with Crippen LogP contribution in [-0.4, -0.2) is 19.7 Å². The topological polar surface area (TPSA) is 46.5 Å². The summed E-state index contributed by atoms with van der Waals surface area (Å²) in [7, 11) is 1.88. The Kier molecular flexibility index (Phi) is 6.56. The minimum Gasteiger partial charge on any atom is -0.286 e. The molecule has 0 aromatic carbocycles. The number of rotatable bonds is 0. The third-order valence-electron chi connectivity index (χ3n) is 1.83. The molecule has 0 radical (unpaired) electrons. The van der Waals surface area contributed by atoms with Crippen molar-refractivity contribution in [1.82, 2.24) is 19.7 Å². The Hall–Kier alpha value is -1.23. The number of aromatic amines is 1.